The first kappa shape index (κ1) is 27.2. The van der Waals surface area contributed by atoms with Crippen molar-refractivity contribution in [2.75, 3.05) is 18.4 Å². The number of carbonyl (C=O) groups excluding carboxylic acids is 2. The molecule has 3 amide bonds. The molecule has 0 bridgehead atoms. The van der Waals surface area contributed by atoms with Gasteiger partial charge in [0, 0.05) is 19.5 Å². The monoisotopic (exact) mass is 555 g/mol. The van der Waals surface area contributed by atoms with E-state index in [1.165, 1.54) is 24.3 Å². The first-order valence-electron chi connectivity index (χ1n) is 11.8. The lowest BCUT2D eigenvalue weighted by molar-refractivity contribution is -0.139. The van der Waals surface area contributed by atoms with Crippen LogP contribution < -0.4 is 10.6 Å². The van der Waals surface area contributed by atoms with E-state index in [0.29, 0.717) is 25.1 Å². The van der Waals surface area contributed by atoms with Gasteiger partial charge in [0.2, 0.25) is 0 Å². The smallest absolute Gasteiger partial charge is 0.326 e. The number of anilines is 1. The zero-order valence-corrected chi connectivity index (χ0v) is 21.6. The van der Waals surface area contributed by atoms with Crippen molar-refractivity contribution in [3.05, 3.63) is 105 Å². The SMILES string of the molecule is O=C(N[C@@H](Cc1ccc(C2=CCN(C(=O)Nc3ccccc3F)CC2)cc1)C(=O)O)c1c(Cl)cccc1Cl. The number of carbonyl (C=O) groups is 3. The highest BCUT2D eigenvalue weighted by Crippen LogP contribution is 2.26. The van der Waals surface area contributed by atoms with E-state index in [-0.39, 0.29) is 33.7 Å². The molecular weight excluding hydrogens is 532 g/mol. The van der Waals surface area contributed by atoms with E-state index < -0.39 is 23.7 Å². The number of aliphatic carboxylic acids is 1. The molecule has 4 rings (SSSR count). The second-order valence-electron chi connectivity index (χ2n) is 8.70. The van der Waals surface area contributed by atoms with Crippen molar-refractivity contribution in [2.45, 2.75) is 18.9 Å². The minimum absolute atomic E-state index is 0.0262. The Balaban J connectivity index is 1.37. The number of urea groups is 1. The standard InChI is InChI=1S/C28H24Cl2FN3O4/c29-20-4-3-5-21(30)25(20)26(35)32-24(27(36)37)16-17-8-10-18(11-9-17)19-12-14-34(15-13-19)28(38)33-23-7-2-1-6-22(23)31/h1-12,24H,13-16H2,(H,32,35)(H,33,38)(H,36,37)/t24-/m0/s1. The van der Waals surface area contributed by atoms with Crippen LogP contribution in [0.1, 0.15) is 27.9 Å². The third-order valence-corrected chi connectivity index (χ3v) is 6.80. The number of hydrogen-bond acceptors (Lipinski definition) is 3. The van der Waals surface area contributed by atoms with Gasteiger partial charge in [-0.05, 0) is 47.4 Å². The first-order chi connectivity index (χ1) is 18.2. The third kappa shape index (κ3) is 6.51. The Labute approximate surface area is 228 Å². The van der Waals surface area contributed by atoms with Crippen LogP contribution in [0.3, 0.4) is 0 Å². The molecule has 1 aliphatic rings. The van der Waals surface area contributed by atoms with E-state index in [9.17, 15) is 23.9 Å². The van der Waals surface area contributed by atoms with E-state index in [2.05, 4.69) is 10.6 Å². The molecule has 0 radical (unpaired) electrons. The Morgan fingerprint density at radius 3 is 2.26 bits per heavy atom. The van der Waals surface area contributed by atoms with Crippen LogP contribution in [-0.2, 0) is 11.2 Å². The van der Waals surface area contributed by atoms with Crippen molar-refractivity contribution in [1.82, 2.24) is 10.2 Å². The molecule has 0 unspecified atom stereocenters. The van der Waals surface area contributed by atoms with Gasteiger partial charge in [-0.25, -0.2) is 14.0 Å². The molecule has 38 heavy (non-hydrogen) atoms. The predicted octanol–water partition coefficient (Wildman–Crippen LogP) is 5.88. The number of halogens is 3. The normalized spacial score (nSPS) is 13.9. The summed E-state index contributed by atoms with van der Waals surface area (Å²) in [4.78, 5) is 38.6. The van der Waals surface area contributed by atoms with Gasteiger partial charge >= 0.3 is 12.0 Å². The summed E-state index contributed by atoms with van der Waals surface area (Å²) in [6.07, 6.45) is 2.61. The van der Waals surface area contributed by atoms with Gasteiger partial charge in [-0.3, -0.25) is 4.79 Å². The Hall–Kier alpha value is -3.88. The molecule has 0 saturated heterocycles. The number of amides is 3. The lowest BCUT2D eigenvalue weighted by atomic mass is 9.97. The molecule has 0 aliphatic carbocycles. The molecule has 0 fully saturated rings. The van der Waals surface area contributed by atoms with E-state index in [0.717, 1.165) is 11.1 Å². The molecule has 3 aromatic carbocycles. The third-order valence-electron chi connectivity index (χ3n) is 6.17. The highest BCUT2D eigenvalue weighted by atomic mass is 35.5. The van der Waals surface area contributed by atoms with Gasteiger partial charge in [-0.15, -0.1) is 0 Å². The van der Waals surface area contributed by atoms with Crippen LogP contribution in [0.15, 0.2) is 72.8 Å². The van der Waals surface area contributed by atoms with E-state index >= 15 is 0 Å². The van der Waals surface area contributed by atoms with E-state index in [1.54, 1.807) is 35.2 Å². The van der Waals surface area contributed by atoms with Gasteiger partial charge in [0.25, 0.3) is 5.91 Å². The molecule has 3 aromatic rings. The van der Waals surface area contributed by atoms with Crippen molar-refractivity contribution >= 4 is 52.4 Å². The molecular formula is C28H24Cl2FN3O4. The fraction of sp³-hybridized carbons (Fsp3) is 0.179. The second-order valence-corrected chi connectivity index (χ2v) is 9.51. The Kier molecular flexibility index (Phi) is 8.66. The largest absolute Gasteiger partial charge is 0.480 e. The molecule has 1 atom stereocenters. The summed E-state index contributed by atoms with van der Waals surface area (Å²) < 4.78 is 13.8. The average Bonchev–Trinajstić information content (AvgIpc) is 2.90. The molecule has 7 nitrogen and oxygen atoms in total. The Bertz CT molecular complexity index is 1370. The van der Waals surface area contributed by atoms with Gasteiger partial charge in [-0.2, -0.15) is 0 Å². The molecule has 196 valence electrons. The van der Waals surface area contributed by atoms with Crippen LogP contribution >= 0.6 is 23.2 Å². The summed E-state index contributed by atoms with van der Waals surface area (Å²) in [7, 11) is 0. The van der Waals surface area contributed by atoms with Crippen LogP contribution in [0.2, 0.25) is 10.0 Å². The summed E-state index contributed by atoms with van der Waals surface area (Å²) >= 11 is 12.1. The van der Waals surface area contributed by atoms with Crippen molar-refractivity contribution in [2.24, 2.45) is 0 Å². The van der Waals surface area contributed by atoms with Crippen LogP contribution in [0.5, 0.6) is 0 Å². The summed E-state index contributed by atoms with van der Waals surface area (Å²) in [6, 6.07) is 16.4. The predicted molar refractivity (Wildman–Crippen MR) is 145 cm³/mol. The number of carboxylic acid groups (broad SMARTS) is 1. The Morgan fingerprint density at radius 2 is 1.66 bits per heavy atom. The van der Waals surface area contributed by atoms with Crippen molar-refractivity contribution < 1.29 is 23.9 Å². The summed E-state index contributed by atoms with van der Waals surface area (Å²) in [5, 5.41) is 15.0. The van der Waals surface area contributed by atoms with Gasteiger partial charge in [0.15, 0.2) is 0 Å². The zero-order chi connectivity index (χ0) is 27.2. The number of para-hydroxylation sites is 1. The average molecular weight is 556 g/mol. The minimum atomic E-state index is -1.19. The lowest BCUT2D eigenvalue weighted by Gasteiger charge is -2.27. The highest BCUT2D eigenvalue weighted by Gasteiger charge is 2.24. The maximum absolute atomic E-state index is 13.8. The van der Waals surface area contributed by atoms with Crippen LogP contribution in [0, 0.1) is 5.82 Å². The first-order valence-corrected chi connectivity index (χ1v) is 12.5. The van der Waals surface area contributed by atoms with Gasteiger partial charge in [0.1, 0.15) is 11.9 Å². The van der Waals surface area contributed by atoms with Crippen LogP contribution in [0.25, 0.3) is 5.57 Å². The zero-order valence-electron chi connectivity index (χ0n) is 20.1. The number of benzene rings is 3. The van der Waals surface area contributed by atoms with Gasteiger partial charge in [-0.1, -0.05) is 71.7 Å². The molecule has 3 N–H and O–H groups in total. The van der Waals surface area contributed by atoms with Crippen molar-refractivity contribution in [1.29, 1.82) is 0 Å². The second kappa shape index (κ2) is 12.1. The molecule has 10 heteroatoms. The summed E-state index contributed by atoms with van der Waals surface area (Å²) in [5.74, 6) is -2.35. The quantitative estimate of drug-likeness (QED) is 0.339. The number of nitrogens with one attached hydrogen (secondary N) is 2. The summed E-state index contributed by atoms with van der Waals surface area (Å²) in [5.41, 5.74) is 2.87. The van der Waals surface area contributed by atoms with Crippen LogP contribution in [0.4, 0.5) is 14.9 Å². The fourth-order valence-electron chi connectivity index (χ4n) is 4.11. The molecule has 1 aliphatic heterocycles. The minimum Gasteiger partial charge on any atom is -0.480 e. The van der Waals surface area contributed by atoms with E-state index in [4.69, 9.17) is 23.2 Å². The summed E-state index contributed by atoms with van der Waals surface area (Å²) in [6.45, 7) is 0.834. The number of nitrogens with zero attached hydrogens (tertiary/aromatic N) is 1. The molecule has 0 spiro atoms. The van der Waals surface area contributed by atoms with E-state index in [1.807, 2.05) is 18.2 Å². The fourth-order valence-corrected chi connectivity index (χ4v) is 4.68. The molecule has 1 heterocycles. The lowest BCUT2D eigenvalue weighted by Crippen LogP contribution is -2.42. The van der Waals surface area contributed by atoms with Crippen molar-refractivity contribution in [3.63, 3.8) is 0 Å². The van der Waals surface area contributed by atoms with Gasteiger partial charge < -0.3 is 20.6 Å². The molecule has 0 aromatic heterocycles. The van der Waals surface area contributed by atoms with Crippen LogP contribution in [-0.4, -0.2) is 47.0 Å². The van der Waals surface area contributed by atoms with Gasteiger partial charge in [0.05, 0.1) is 21.3 Å². The topological polar surface area (TPSA) is 98.7 Å². The maximum atomic E-state index is 13.8. The van der Waals surface area contributed by atoms with Crippen molar-refractivity contribution in [3.8, 4) is 0 Å². The molecule has 0 saturated carbocycles. The highest BCUT2D eigenvalue weighted by molar-refractivity contribution is 6.39. The number of rotatable bonds is 7. The Morgan fingerprint density at radius 1 is 0.974 bits per heavy atom. The maximum Gasteiger partial charge on any atom is 0.326 e. The number of hydrogen-bond donors (Lipinski definition) is 3. The number of carboxylic acids is 1.